The number of aryl methyl sites for hydroxylation is 1. The molecule has 0 aliphatic heterocycles. The van der Waals surface area contributed by atoms with Gasteiger partial charge in [0, 0.05) is 12.4 Å². The molecule has 3 nitrogen and oxygen atoms in total. The van der Waals surface area contributed by atoms with Crippen LogP contribution in [0, 0.1) is 6.92 Å². The third-order valence-corrected chi connectivity index (χ3v) is 1.52. The molecule has 0 spiro atoms. The fraction of sp³-hybridized carbons (Fsp3) is 0.143. The quantitative estimate of drug-likeness (QED) is 0.537. The lowest BCUT2D eigenvalue weighted by Gasteiger charge is -1.93. The maximum atomic E-state index is 4.12. The Morgan fingerprint density at radius 3 is 3.10 bits per heavy atom. The van der Waals surface area contributed by atoms with Gasteiger partial charge in [-0.15, -0.1) is 0 Å². The minimum atomic E-state index is 1.01. The first-order valence-electron chi connectivity index (χ1n) is 3.13. The molecule has 0 radical (unpaired) electrons. The van der Waals surface area contributed by atoms with Crippen molar-refractivity contribution in [2.75, 3.05) is 0 Å². The molecule has 3 heteroatoms. The fourth-order valence-corrected chi connectivity index (χ4v) is 0.994. The van der Waals surface area contributed by atoms with Crippen molar-refractivity contribution >= 4 is 5.52 Å². The summed E-state index contributed by atoms with van der Waals surface area (Å²) in [5, 5.41) is 4.06. The molecule has 0 N–H and O–H groups in total. The summed E-state index contributed by atoms with van der Waals surface area (Å²) >= 11 is 0. The van der Waals surface area contributed by atoms with Crippen LogP contribution < -0.4 is 0 Å². The highest BCUT2D eigenvalue weighted by atomic mass is 15.2. The topological polar surface area (TPSA) is 30.2 Å². The standard InChI is InChI=1S/C7H7N3/c1-6-7-2-3-9-10(7)5-4-8-6/h2-5H,1H3. The largest absolute Gasteiger partial charge is 0.258 e. The van der Waals surface area contributed by atoms with E-state index in [9.17, 15) is 0 Å². The SMILES string of the molecule is Cc1nccn2nccc12. The number of rotatable bonds is 0. The van der Waals surface area contributed by atoms with Crippen molar-refractivity contribution in [3.63, 3.8) is 0 Å². The van der Waals surface area contributed by atoms with Crippen LogP contribution in [0.2, 0.25) is 0 Å². The number of aromatic nitrogens is 3. The Labute approximate surface area is 58.3 Å². The molecule has 10 heavy (non-hydrogen) atoms. The van der Waals surface area contributed by atoms with Crippen LogP contribution in [0.3, 0.4) is 0 Å². The van der Waals surface area contributed by atoms with E-state index >= 15 is 0 Å². The van der Waals surface area contributed by atoms with E-state index in [0.29, 0.717) is 0 Å². The zero-order chi connectivity index (χ0) is 6.97. The predicted octanol–water partition coefficient (Wildman–Crippen LogP) is 1.04. The third kappa shape index (κ3) is 0.603. The predicted molar refractivity (Wildman–Crippen MR) is 37.7 cm³/mol. The van der Waals surface area contributed by atoms with Crippen LogP contribution in [0.25, 0.3) is 5.52 Å². The summed E-state index contributed by atoms with van der Waals surface area (Å²) in [4.78, 5) is 4.12. The molecule has 2 aromatic heterocycles. The van der Waals surface area contributed by atoms with Gasteiger partial charge in [-0.05, 0) is 13.0 Å². The van der Waals surface area contributed by atoms with Crippen molar-refractivity contribution in [1.29, 1.82) is 0 Å². The van der Waals surface area contributed by atoms with Gasteiger partial charge in [0.05, 0.1) is 17.4 Å². The Kier molecular flexibility index (Phi) is 0.974. The minimum Gasteiger partial charge on any atom is -0.258 e. The normalized spacial score (nSPS) is 10.5. The van der Waals surface area contributed by atoms with E-state index in [1.165, 1.54) is 0 Å². The number of hydrogen-bond acceptors (Lipinski definition) is 2. The maximum absolute atomic E-state index is 4.12. The van der Waals surface area contributed by atoms with E-state index in [0.717, 1.165) is 11.2 Å². The molecule has 0 fully saturated rings. The van der Waals surface area contributed by atoms with E-state index in [4.69, 9.17) is 0 Å². The van der Waals surface area contributed by atoms with E-state index in [1.54, 1.807) is 12.4 Å². The van der Waals surface area contributed by atoms with Gasteiger partial charge in [-0.2, -0.15) is 5.10 Å². The molecule has 0 aliphatic rings. The molecule has 2 rings (SSSR count). The average Bonchev–Trinajstić information content (AvgIpc) is 2.36. The molecular formula is C7H7N3. The monoisotopic (exact) mass is 133 g/mol. The maximum Gasteiger partial charge on any atom is 0.0873 e. The lowest BCUT2D eigenvalue weighted by molar-refractivity contribution is 0.934. The van der Waals surface area contributed by atoms with Gasteiger partial charge in [0.15, 0.2) is 0 Å². The molecule has 0 aliphatic carbocycles. The molecule has 0 bridgehead atoms. The average molecular weight is 133 g/mol. The smallest absolute Gasteiger partial charge is 0.0873 e. The first kappa shape index (κ1) is 5.41. The molecular weight excluding hydrogens is 126 g/mol. The number of hydrogen-bond donors (Lipinski definition) is 0. The molecule has 50 valence electrons. The van der Waals surface area contributed by atoms with Crippen molar-refractivity contribution in [1.82, 2.24) is 14.6 Å². The first-order valence-corrected chi connectivity index (χ1v) is 3.13. The van der Waals surface area contributed by atoms with Crippen molar-refractivity contribution in [2.24, 2.45) is 0 Å². The van der Waals surface area contributed by atoms with E-state index in [1.807, 2.05) is 23.7 Å². The molecule has 2 aromatic rings. The molecule has 2 heterocycles. The molecule has 0 saturated heterocycles. The Morgan fingerprint density at radius 1 is 1.40 bits per heavy atom. The van der Waals surface area contributed by atoms with Crippen molar-refractivity contribution < 1.29 is 0 Å². The Bertz CT molecular complexity index is 350. The molecule has 0 saturated carbocycles. The van der Waals surface area contributed by atoms with Crippen molar-refractivity contribution in [3.8, 4) is 0 Å². The summed E-state index contributed by atoms with van der Waals surface area (Å²) < 4.78 is 1.81. The summed E-state index contributed by atoms with van der Waals surface area (Å²) in [5.41, 5.74) is 2.09. The first-order chi connectivity index (χ1) is 4.88. The van der Waals surface area contributed by atoms with Crippen molar-refractivity contribution in [2.45, 2.75) is 6.92 Å². The Hall–Kier alpha value is -1.38. The van der Waals surface area contributed by atoms with Gasteiger partial charge in [0.25, 0.3) is 0 Å². The molecule has 0 atom stereocenters. The molecule has 0 aromatic carbocycles. The van der Waals surface area contributed by atoms with Crippen molar-refractivity contribution in [3.05, 3.63) is 30.4 Å². The molecule has 0 unspecified atom stereocenters. The number of nitrogens with zero attached hydrogens (tertiary/aromatic N) is 3. The summed E-state index contributed by atoms with van der Waals surface area (Å²) in [6.45, 7) is 1.97. The van der Waals surface area contributed by atoms with Gasteiger partial charge in [-0.1, -0.05) is 0 Å². The fourth-order valence-electron chi connectivity index (χ4n) is 0.994. The second-order valence-corrected chi connectivity index (χ2v) is 2.17. The van der Waals surface area contributed by atoms with Gasteiger partial charge in [-0.25, -0.2) is 4.52 Å². The Morgan fingerprint density at radius 2 is 2.30 bits per heavy atom. The highest BCUT2D eigenvalue weighted by Crippen LogP contribution is 2.03. The van der Waals surface area contributed by atoms with Crippen LogP contribution >= 0.6 is 0 Å². The van der Waals surface area contributed by atoms with Crippen LogP contribution in [0.15, 0.2) is 24.7 Å². The van der Waals surface area contributed by atoms with Gasteiger partial charge in [-0.3, -0.25) is 4.98 Å². The second-order valence-electron chi connectivity index (χ2n) is 2.17. The highest BCUT2D eigenvalue weighted by molar-refractivity contribution is 5.48. The van der Waals surface area contributed by atoms with Gasteiger partial charge in [0.2, 0.25) is 0 Å². The van der Waals surface area contributed by atoms with Crippen LogP contribution in [0.4, 0.5) is 0 Å². The highest BCUT2D eigenvalue weighted by Gasteiger charge is 1.94. The van der Waals surface area contributed by atoms with E-state index in [-0.39, 0.29) is 0 Å². The van der Waals surface area contributed by atoms with Crippen LogP contribution in [0.1, 0.15) is 5.69 Å². The van der Waals surface area contributed by atoms with Crippen LogP contribution in [-0.4, -0.2) is 14.6 Å². The van der Waals surface area contributed by atoms with Crippen LogP contribution in [0.5, 0.6) is 0 Å². The summed E-state index contributed by atoms with van der Waals surface area (Å²) in [7, 11) is 0. The number of fused-ring (bicyclic) bond motifs is 1. The second kappa shape index (κ2) is 1.80. The lowest BCUT2D eigenvalue weighted by Crippen LogP contribution is -1.89. The zero-order valence-corrected chi connectivity index (χ0v) is 5.65. The van der Waals surface area contributed by atoms with Gasteiger partial charge >= 0.3 is 0 Å². The summed E-state index contributed by atoms with van der Waals surface area (Å²) in [6, 6.07) is 1.95. The van der Waals surface area contributed by atoms with Gasteiger partial charge in [0.1, 0.15) is 0 Å². The summed E-state index contributed by atoms with van der Waals surface area (Å²) in [5.74, 6) is 0. The Balaban J connectivity index is 2.95. The molecule has 0 amide bonds. The summed E-state index contributed by atoms with van der Waals surface area (Å²) in [6.07, 6.45) is 5.35. The minimum absolute atomic E-state index is 1.01. The van der Waals surface area contributed by atoms with E-state index in [2.05, 4.69) is 10.1 Å². The lowest BCUT2D eigenvalue weighted by atomic mass is 10.4. The zero-order valence-electron chi connectivity index (χ0n) is 5.65. The van der Waals surface area contributed by atoms with Crippen LogP contribution in [-0.2, 0) is 0 Å². The van der Waals surface area contributed by atoms with E-state index < -0.39 is 0 Å². The van der Waals surface area contributed by atoms with Gasteiger partial charge < -0.3 is 0 Å². The third-order valence-electron chi connectivity index (χ3n) is 1.52.